The fourth-order valence-electron chi connectivity index (χ4n) is 2.71. The highest BCUT2D eigenvalue weighted by molar-refractivity contribution is 5.85. The molecule has 0 amide bonds. The van der Waals surface area contributed by atoms with Crippen LogP contribution in [-0.2, 0) is 15.1 Å². The van der Waals surface area contributed by atoms with Gasteiger partial charge in [-0.3, -0.25) is 0 Å². The van der Waals surface area contributed by atoms with Crippen LogP contribution < -0.4 is 0 Å². The van der Waals surface area contributed by atoms with Crippen molar-refractivity contribution in [3.05, 3.63) is 71.8 Å². The molecule has 142 valence electrons. The normalized spacial score (nSPS) is 11.4. The second-order valence-electron chi connectivity index (χ2n) is 6.78. The number of esters is 1. The number of hydrogen-bond donors (Lipinski definition) is 1. The summed E-state index contributed by atoms with van der Waals surface area (Å²) in [5.41, 5.74) is -0.924. The molecule has 27 heavy (non-hydrogen) atoms. The molecular formula is C23H28NO3+. The number of nitrogens with zero attached hydrogens (tertiary/aromatic N) is 1. The van der Waals surface area contributed by atoms with Gasteiger partial charge in [-0.15, -0.1) is 0 Å². The summed E-state index contributed by atoms with van der Waals surface area (Å²) < 4.78 is 6.17. The molecule has 0 saturated heterocycles. The van der Waals surface area contributed by atoms with Gasteiger partial charge in [0.05, 0.1) is 20.1 Å². The highest BCUT2D eigenvalue weighted by Crippen LogP contribution is 2.30. The van der Waals surface area contributed by atoms with Gasteiger partial charge < -0.3 is 14.3 Å². The fourth-order valence-corrected chi connectivity index (χ4v) is 2.71. The third-order valence-corrected chi connectivity index (χ3v) is 5.07. The van der Waals surface area contributed by atoms with E-state index in [4.69, 9.17) is 4.74 Å². The molecule has 0 aliphatic heterocycles. The molecule has 2 aromatic rings. The molecule has 0 fully saturated rings. The zero-order chi connectivity index (χ0) is 19.8. The Kier molecular flexibility index (Phi) is 7.18. The van der Waals surface area contributed by atoms with Gasteiger partial charge in [0.25, 0.3) is 0 Å². The molecule has 0 saturated carbocycles. The van der Waals surface area contributed by atoms with Crippen LogP contribution in [0.2, 0.25) is 0 Å². The van der Waals surface area contributed by atoms with Crippen molar-refractivity contribution in [3.8, 4) is 11.8 Å². The second-order valence-corrected chi connectivity index (χ2v) is 6.78. The lowest BCUT2D eigenvalue weighted by molar-refractivity contribution is -0.899. The van der Waals surface area contributed by atoms with Crippen LogP contribution in [0.5, 0.6) is 0 Å². The fraction of sp³-hybridized carbons (Fsp3) is 0.348. The molecule has 0 aliphatic rings. The third kappa shape index (κ3) is 4.97. The maximum absolute atomic E-state index is 12.8. The maximum atomic E-state index is 12.8. The predicted octanol–water partition coefficient (Wildman–Crippen LogP) is 2.96. The van der Waals surface area contributed by atoms with Crippen LogP contribution in [0, 0.1) is 11.8 Å². The van der Waals surface area contributed by atoms with Gasteiger partial charge in [-0.05, 0) is 30.9 Å². The maximum Gasteiger partial charge on any atom is 0.348 e. The Morgan fingerprint density at radius 1 is 0.963 bits per heavy atom. The van der Waals surface area contributed by atoms with Crippen LogP contribution in [0.25, 0.3) is 0 Å². The Hall–Kier alpha value is -2.61. The summed E-state index contributed by atoms with van der Waals surface area (Å²) in [6.45, 7) is 6.90. The first-order valence-corrected chi connectivity index (χ1v) is 9.26. The molecule has 0 heterocycles. The van der Waals surface area contributed by atoms with Gasteiger partial charge in [-0.1, -0.05) is 66.6 Å². The molecule has 0 radical (unpaired) electrons. The lowest BCUT2D eigenvalue weighted by Gasteiger charge is -2.29. The van der Waals surface area contributed by atoms with Crippen LogP contribution in [0.3, 0.4) is 0 Å². The summed E-state index contributed by atoms with van der Waals surface area (Å²) >= 11 is 0. The van der Waals surface area contributed by atoms with Crippen LogP contribution in [0.1, 0.15) is 25.0 Å². The van der Waals surface area contributed by atoms with E-state index in [0.717, 1.165) is 17.6 Å². The van der Waals surface area contributed by atoms with Crippen LogP contribution >= 0.6 is 0 Å². The van der Waals surface area contributed by atoms with E-state index in [9.17, 15) is 9.90 Å². The smallest absolute Gasteiger partial charge is 0.348 e. The molecule has 1 N–H and O–H groups in total. The van der Waals surface area contributed by atoms with Crippen molar-refractivity contribution >= 4 is 5.97 Å². The zero-order valence-electron chi connectivity index (χ0n) is 16.3. The van der Waals surface area contributed by atoms with E-state index in [1.54, 1.807) is 48.5 Å². The molecule has 0 spiro atoms. The number of rotatable bonds is 7. The quantitative estimate of drug-likeness (QED) is 0.466. The molecule has 0 unspecified atom stereocenters. The summed E-state index contributed by atoms with van der Waals surface area (Å²) in [5, 5.41) is 11.3. The topological polar surface area (TPSA) is 46.5 Å². The minimum absolute atomic E-state index is 0.0474. The highest BCUT2D eigenvalue weighted by Gasteiger charge is 2.41. The average Bonchev–Trinajstić information content (AvgIpc) is 2.73. The summed E-state index contributed by atoms with van der Waals surface area (Å²) in [7, 11) is 2.14. The summed E-state index contributed by atoms with van der Waals surface area (Å²) in [6, 6.07) is 17.7. The van der Waals surface area contributed by atoms with Crippen LogP contribution in [0.15, 0.2) is 60.7 Å². The number of carbonyl (C=O) groups is 1. The lowest BCUT2D eigenvalue weighted by atomic mass is 9.86. The van der Waals surface area contributed by atoms with Gasteiger partial charge >= 0.3 is 5.97 Å². The van der Waals surface area contributed by atoms with Crippen molar-refractivity contribution in [3.63, 3.8) is 0 Å². The van der Waals surface area contributed by atoms with Gasteiger partial charge in [0.2, 0.25) is 5.60 Å². The summed E-state index contributed by atoms with van der Waals surface area (Å²) in [6.07, 6.45) is 0. The van der Waals surface area contributed by atoms with E-state index < -0.39 is 11.6 Å². The van der Waals surface area contributed by atoms with E-state index in [1.807, 2.05) is 12.1 Å². The van der Waals surface area contributed by atoms with Crippen molar-refractivity contribution in [1.82, 2.24) is 0 Å². The minimum Gasteiger partial charge on any atom is -0.450 e. The predicted molar refractivity (Wildman–Crippen MR) is 107 cm³/mol. The number of quaternary nitrogens is 1. The number of benzene rings is 2. The number of carbonyl (C=O) groups excluding carboxylic acids is 1. The average molecular weight is 366 g/mol. The molecule has 0 aromatic heterocycles. The highest BCUT2D eigenvalue weighted by atomic mass is 16.5. The lowest BCUT2D eigenvalue weighted by Crippen LogP contribution is -2.43. The Morgan fingerprint density at radius 2 is 1.44 bits per heavy atom. The van der Waals surface area contributed by atoms with Crippen molar-refractivity contribution in [2.75, 3.05) is 33.3 Å². The Labute approximate surface area is 162 Å². The summed E-state index contributed by atoms with van der Waals surface area (Å²) in [5.74, 6) is 5.25. The van der Waals surface area contributed by atoms with E-state index in [1.165, 1.54) is 0 Å². The zero-order valence-corrected chi connectivity index (χ0v) is 16.3. The Morgan fingerprint density at radius 3 is 1.89 bits per heavy atom. The standard InChI is InChI=1S/C23H28NO3/c1-4-24(3,5-2)18-12-13-19-27-22(25)23(26,20-14-8-6-9-15-20)21-16-10-7-11-17-21/h6-11,14-17,26H,4-5,18-19H2,1-3H3/q+1. The molecule has 0 aliphatic carbocycles. The molecule has 4 nitrogen and oxygen atoms in total. The number of aliphatic hydroxyl groups is 1. The van der Waals surface area contributed by atoms with Crippen molar-refractivity contribution in [2.24, 2.45) is 0 Å². The van der Waals surface area contributed by atoms with E-state index >= 15 is 0 Å². The molecule has 0 bridgehead atoms. The minimum atomic E-state index is -1.86. The van der Waals surface area contributed by atoms with Crippen molar-refractivity contribution in [2.45, 2.75) is 19.4 Å². The second kappa shape index (κ2) is 9.36. The first-order valence-electron chi connectivity index (χ1n) is 9.26. The van der Waals surface area contributed by atoms with Gasteiger partial charge in [-0.2, -0.15) is 0 Å². The largest absolute Gasteiger partial charge is 0.450 e. The number of ether oxygens (including phenoxy) is 1. The first-order chi connectivity index (χ1) is 13.0. The van der Waals surface area contributed by atoms with Crippen molar-refractivity contribution in [1.29, 1.82) is 0 Å². The van der Waals surface area contributed by atoms with E-state index in [2.05, 4.69) is 32.7 Å². The first kappa shape index (κ1) is 20.7. The van der Waals surface area contributed by atoms with Crippen molar-refractivity contribution < 1.29 is 19.1 Å². The van der Waals surface area contributed by atoms with Gasteiger partial charge in [0, 0.05) is 0 Å². The van der Waals surface area contributed by atoms with E-state index in [0.29, 0.717) is 17.7 Å². The van der Waals surface area contributed by atoms with Crippen LogP contribution in [0.4, 0.5) is 0 Å². The SMILES string of the molecule is CC[N+](C)(CC)CC#CCOC(=O)C(O)(c1ccccc1)c1ccccc1. The number of hydrogen-bond acceptors (Lipinski definition) is 3. The van der Waals surface area contributed by atoms with Gasteiger partial charge in [0.1, 0.15) is 6.54 Å². The van der Waals surface area contributed by atoms with Gasteiger partial charge in [-0.25, -0.2) is 4.79 Å². The molecule has 2 rings (SSSR count). The molecular weight excluding hydrogens is 338 g/mol. The van der Waals surface area contributed by atoms with Gasteiger partial charge in [0.15, 0.2) is 6.61 Å². The Balaban J connectivity index is 2.15. The molecule has 2 aromatic carbocycles. The molecule has 4 heteroatoms. The van der Waals surface area contributed by atoms with E-state index in [-0.39, 0.29) is 6.61 Å². The Bertz CT molecular complexity index is 747. The monoisotopic (exact) mass is 366 g/mol. The summed E-state index contributed by atoms with van der Waals surface area (Å²) in [4.78, 5) is 12.8. The third-order valence-electron chi connectivity index (χ3n) is 5.07. The van der Waals surface area contributed by atoms with Crippen LogP contribution in [-0.4, -0.2) is 48.8 Å². The molecule has 0 atom stereocenters.